The van der Waals surface area contributed by atoms with Gasteiger partial charge in [-0.3, -0.25) is 9.69 Å². The van der Waals surface area contributed by atoms with Crippen LogP contribution in [0.2, 0.25) is 0 Å². The minimum Gasteiger partial charge on any atom is -0.457 e. The van der Waals surface area contributed by atoms with Crippen LogP contribution in [0.5, 0.6) is 11.5 Å². The van der Waals surface area contributed by atoms with Gasteiger partial charge in [0.1, 0.15) is 11.5 Å². The second kappa shape index (κ2) is 11.9. The molecule has 200 valence electrons. The summed E-state index contributed by atoms with van der Waals surface area (Å²) in [7, 11) is 0. The van der Waals surface area contributed by atoms with Crippen LogP contribution in [-0.4, -0.2) is 72.5 Å². The van der Waals surface area contributed by atoms with Crippen molar-refractivity contribution < 1.29 is 24.1 Å². The predicted octanol–water partition coefficient (Wildman–Crippen LogP) is 4.93. The minimum absolute atomic E-state index is 0.0738. The van der Waals surface area contributed by atoms with E-state index >= 15 is 0 Å². The van der Waals surface area contributed by atoms with Gasteiger partial charge in [0.2, 0.25) is 0 Å². The first-order valence-corrected chi connectivity index (χ1v) is 13.9. The molecular formula is C30H40N2O5. The molecule has 2 aromatic carbocycles. The largest absolute Gasteiger partial charge is 0.457 e. The lowest BCUT2D eigenvalue weighted by Crippen LogP contribution is -2.48. The number of aliphatic hydroxyl groups excluding tert-OH is 1. The third-order valence-electron chi connectivity index (χ3n) is 8.10. The molecule has 3 fully saturated rings. The van der Waals surface area contributed by atoms with Crippen molar-refractivity contribution in [2.75, 3.05) is 45.9 Å². The van der Waals surface area contributed by atoms with Crippen molar-refractivity contribution in [1.82, 2.24) is 9.80 Å². The maximum Gasteiger partial charge on any atom is 0.253 e. The molecule has 7 heteroatoms. The number of rotatable bonds is 8. The van der Waals surface area contributed by atoms with Gasteiger partial charge in [0.25, 0.3) is 5.91 Å². The van der Waals surface area contributed by atoms with E-state index in [-0.39, 0.29) is 18.3 Å². The van der Waals surface area contributed by atoms with Crippen molar-refractivity contribution in [3.05, 3.63) is 59.2 Å². The van der Waals surface area contributed by atoms with Gasteiger partial charge in [-0.2, -0.15) is 0 Å². The third kappa shape index (κ3) is 6.17. The number of benzene rings is 2. The Morgan fingerprint density at radius 3 is 2.38 bits per heavy atom. The summed E-state index contributed by atoms with van der Waals surface area (Å²) < 4.78 is 17.8. The molecule has 5 rings (SSSR count). The zero-order valence-corrected chi connectivity index (χ0v) is 22.0. The molecule has 0 unspecified atom stereocenters. The van der Waals surface area contributed by atoms with Crippen molar-refractivity contribution >= 4 is 5.91 Å². The lowest BCUT2D eigenvalue weighted by atomic mass is 9.80. The van der Waals surface area contributed by atoms with Gasteiger partial charge in [-0.05, 0) is 73.7 Å². The second-order valence-electron chi connectivity index (χ2n) is 10.5. The summed E-state index contributed by atoms with van der Waals surface area (Å²) in [5.41, 5.74) is 2.67. The fraction of sp³-hybridized carbons (Fsp3) is 0.567. The highest BCUT2D eigenvalue weighted by Gasteiger charge is 2.40. The molecule has 2 aliphatic heterocycles. The molecule has 1 amide bonds. The number of unbranched alkanes of at least 4 members (excludes halogenated alkanes) is 1. The van der Waals surface area contributed by atoms with Crippen LogP contribution >= 0.6 is 0 Å². The van der Waals surface area contributed by atoms with Crippen LogP contribution in [0.1, 0.15) is 72.9 Å². The van der Waals surface area contributed by atoms with Gasteiger partial charge in [-0.25, -0.2) is 0 Å². The normalized spacial score (nSPS) is 20.4. The van der Waals surface area contributed by atoms with Crippen molar-refractivity contribution in [1.29, 1.82) is 0 Å². The van der Waals surface area contributed by atoms with E-state index in [1.54, 1.807) is 0 Å². The highest BCUT2D eigenvalue weighted by molar-refractivity contribution is 5.94. The quantitative estimate of drug-likeness (QED) is 0.545. The van der Waals surface area contributed by atoms with Gasteiger partial charge in [-0.15, -0.1) is 0 Å². The average Bonchev–Trinajstić information content (AvgIpc) is 3.40. The second-order valence-corrected chi connectivity index (χ2v) is 10.5. The van der Waals surface area contributed by atoms with Crippen LogP contribution < -0.4 is 4.74 Å². The van der Waals surface area contributed by atoms with Crippen LogP contribution in [0.3, 0.4) is 0 Å². The summed E-state index contributed by atoms with van der Waals surface area (Å²) in [4.78, 5) is 17.4. The van der Waals surface area contributed by atoms with Crippen molar-refractivity contribution in [3.63, 3.8) is 0 Å². The maximum atomic E-state index is 13.0. The molecule has 3 aliphatic rings. The number of carbonyl (C=O) groups excluding carboxylic acids is 1. The SMILES string of the molecule is CCCCN1CCN(C(=O)c2ccc(Oc3ccc(C4CCC5(CC4)OCCO5)cc3CO)cc2)CC1. The van der Waals surface area contributed by atoms with E-state index in [4.69, 9.17) is 14.2 Å². The lowest BCUT2D eigenvalue weighted by Gasteiger charge is -2.35. The summed E-state index contributed by atoms with van der Waals surface area (Å²) in [6.07, 6.45) is 6.24. The smallest absolute Gasteiger partial charge is 0.253 e. The van der Waals surface area contributed by atoms with Crippen molar-refractivity contribution in [3.8, 4) is 11.5 Å². The van der Waals surface area contributed by atoms with Crippen molar-refractivity contribution in [2.24, 2.45) is 0 Å². The molecule has 1 saturated carbocycles. The van der Waals surface area contributed by atoms with Crippen LogP contribution in [0.15, 0.2) is 42.5 Å². The highest BCUT2D eigenvalue weighted by atomic mass is 16.7. The number of ether oxygens (including phenoxy) is 3. The van der Waals surface area contributed by atoms with Gasteiger partial charge < -0.3 is 24.2 Å². The molecule has 0 atom stereocenters. The molecule has 0 radical (unpaired) electrons. The number of nitrogens with zero attached hydrogens (tertiary/aromatic N) is 2. The topological polar surface area (TPSA) is 71.5 Å². The first-order valence-electron chi connectivity index (χ1n) is 13.9. The van der Waals surface area contributed by atoms with E-state index < -0.39 is 0 Å². The van der Waals surface area contributed by atoms with E-state index in [0.29, 0.717) is 36.2 Å². The van der Waals surface area contributed by atoms with Gasteiger partial charge >= 0.3 is 0 Å². The monoisotopic (exact) mass is 508 g/mol. The van der Waals surface area contributed by atoms with Gasteiger partial charge in [-0.1, -0.05) is 19.4 Å². The number of hydrogen-bond acceptors (Lipinski definition) is 6. The third-order valence-corrected chi connectivity index (χ3v) is 8.10. The summed E-state index contributed by atoms with van der Waals surface area (Å²) >= 11 is 0. The molecule has 37 heavy (non-hydrogen) atoms. The van der Waals surface area contributed by atoms with Crippen LogP contribution in [-0.2, 0) is 16.1 Å². The predicted molar refractivity (Wildman–Crippen MR) is 142 cm³/mol. The number of aliphatic hydroxyl groups is 1. The molecule has 7 nitrogen and oxygen atoms in total. The molecule has 2 aromatic rings. The Kier molecular flexibility index (Phi) is 8.45. The molecule has 1 spiro atoms. The number of carbonyl (C=O) groups is 1. The molecule has 0 aromatic heterocycles. The standard InChI is InChI=1S/C30H40N2O5/c1-2-3-14-31-15-17-32(18-16-31)29(34)24-4-7-27(8-5-24)37-28-9-6-25(21-26(28)22-33)23-10-12-30(13-11-23)35-19-20-36-30/h4-9,21,23,33H,2-3,10-20,22H2,1H3. The molecule has 2 heterocycles. The molecular weight excluding hydrogens is 468 g/mol. The zero-order valence-electron chi connectivity index (χ0n) is 22.0. The minimum atomic E-state index is -0.365. The van der Waals surface area contributed by atoms with Gasteiger partial charge in [0.15, 0.2) is 5.79 Å². The fourth-order valence-electron chi connectivity index (χ4n) is 5.78. The van der Waals surface area contributed by atoms with Gasteiger partial charge in [0, 0.05) is 50.1 Å². The number of hydrogen-bond donors (Lipinski definition) is 1. The fourth-order valence-corrected chi connectivity index (χ4v) is 5.78. The van der Waals surface area contributed by atoms with E-state index in [9.17, 15) is 9.90 Å². The first-order chi connectivity index (χ1) is 18.1. The van der Waals surface area contributed by atoms with Crippen LogP contribution in [0.25, 0.3) is 0 Å². The van der Waals surface area contributed by atoms with Crippen LogP contribution in [0, 0.1) is 0 Å². The summed E-state index contributed by atoms with van der Waals surface area (Å²) in [6.45, 7) is 8.05. The Balaban J connectivity index is 1.17. The Morgan fingerprint density at radius 1 is 1.03 bits per heavy atom. The molecule has 0 bridgehead atoms. The Bertz CT molecular complexity index is 1030. The number of piperazine rings is 1. The summed E-state index contributed by atoms with van der Waals surface area (Å²) in [5, 5.41) is 10.0. The van der Waals surface area contributed by atoms with Crippen LogP contribution in [0.4, 0.5) is 0 Å². The Morgan fingerprint density at radius 2 is 1.73 bits per heavy atom. The van der Waals surface area contributed by atoms with E-state index in [1.807, 2.05) is 35.2 Å². The molecule has 2 saturated heterocycles. The van der Waals surface area contributed by atoms with Crippen molar-refractivity contribution in [2.45, 2.75) is 63.8 Å². The highest BCUT2D eigenvalue weighted by Crippen LogP contribution is 2.43. The van der Waals surface area contributed by atoms with E-state index in [2.05, 4.69) is 24.0 Å². The average molecular weight is 509 g/mol. The zero-order chi connectivity index (χ0) is 25.7. The van der Waals surface area contributed by atoms with E-state index in [0.717, 1.165) is 64.0 Å². The summed E-state index contributed by atoms with van der Waals surface area (Å²) in [6, 6.07) is 13.4. The maximum absolute atomic E-state index is 13.0. The summed E-state index contributed by atoms with van der Waals surface area (Å²) in [5.74, 6) is 1.43. The lowest BCUT2D eigenvalue weighted by molar-refractivity contribution is -0.178. The first kappa shape index (κ1) is 26.2. The number of amides is 1. The van der Waals surface area contributed by atoms with Gasteiger partial charge in [0.05, 0.1) is 19.8 Å². The Hall–Kier alpha value is -2.45. The molecule has 1 N–H and O–H groups in total. The van der Waals surface area contributed by atoms with E-state index in [1.165, 1.54) is 18.4 Å². The Labute approximate surface area is 220 Å². The molecule has 1 aliphatic carbocycles.